The Kier molecular flexibility index (Phi) is 13.9. The molecule has 5 aromatic carbocycles. The number of halogens is 3. The van der Waals surface area contributed by atoms with Crippen LogP contribution < -0.4 is 32.6 Å². The van der Waals surface area contributed by atoms with Crippen molar-refractivity contribution < 1.29 is 57.8 Å². The molecule has 0 amide bonds. The molecule has 0 saturated heterocycles. The van der Waals surface area contributed by atoms with Gasteiger partial charge in [0.05, 0.1) is 25.8 Å². The van der Waals surface area contributed by atoms with E-state index in [1.54, 1.807) is 0 Å². The predicted octanol–water partition coefficient (Wildman–Crippen LogP) is 0.633. The second kappa shape index (κ2) is 16.9. The van der Waals surface area contributed by atoms with Crippen LogP contribution in [-0.4, -0.2) is 4.66 Å². The van der Waals surface area contributed by atoms with E-state index in [-0.39, 0.29) is 10.9 Å². The third-order valence-electron chi connectivity index (χ3n) is 5.54. The number of hydrogen-bond acceptors (Lipinski definition) is 9. The zero-order valence-corrected chi connectivity index (χ0v) is 28.2. The first kappa shape index (κ1) is 36.3. The second-order valence-electron chi connectivity index (χ2n) is 8.79. The lowest BCUT2D eigenvalue weighted by atomic mass is 10.0. The third kappa shape index (κ3) is 13.4. The van der Waals surface area contributed by atoms with E-state index in [0.717, 1.165) is 0 Å². The summed E-state index contributed by atoms with van der Waals surface area (Å²) in [6.45, 7) is 2.15. The van der Waals surface area contributed by atoms with Crippen molar-refractivity contribution >= 4 is 45.2 Å². The number of hydrogen-bond donors (Lipinski definition) is 1. The highest BCUT2D eigenvalue weighted by molar-refractivity contribution is 14.1. The highest BCUT2D eigenvalue weighted by Crippen LogP contribution is 2.35. The number of aryl methyl sites for hydroxylation is 1. The molecule has 5 aromatic rings. The molecule has 5 rings (SSSR count). The average Bonchev–Trinajstić information content (AvgIpc) is 2.95. The van der Waals surface area contributed by atoms with E-state index < -0.39 is 20.5 Å². The predicted molar refractivity (Wildman–Crippen MR) is 157 cm³/mol. The maximum Gasteiger partial charge on any atom is 0.166 e. The van der Waals surface area contributed by atoms with Crippen molar-refractivity contribution in [1.82, 2.24) is 0 Å². The lowest BCUT2D eigenvalue weighted by Crippen LogP contribution is -2.68. The first-order valence-electron chi connectivity index (χ1n) is 12.4. The Labute approximate surface area is 280 Å². The van der Waals surface area contributed by atoms with Gasteiger partial charge in [0, 0.05) is 13.4 Å². The van der Waals surface area contributed by atoms with Gasteiger partial charge in [-0.1, -0.05) is 78.0 Å². The summed E-state index contributed by atoms with van der Waals surface area (Å²) in [5.41, 5.74) is 3.86. The molecule has 44 heavy (non-hydrogen) atoms. The van der Waals surface area contributed by atoms with Crippen LogP contribution >= 0.6 is 34.4 Å². The van der Waals surface area contributed by atoms with Gasteiger partial charge < -0.3 is 0 Å². The van der Waals surface area contributed by atoms with Crippen molar-refractivity contribution in [2.75, 3.05) is 0 Å². The molecule has 0 saturated carbocycles. The number of benzene rings is 5. The SMILES string of the molecule is Cc1ccc(I)c(-c2ccc(Sc3ccc([S+](c4ccccc4)c4ccccc4)cc3)cc2)c1.[O-][Cl+3]([O-])([O-])O.[O-][Cl+3]([O-])([O-])[O-]. The maximum atomic E-state index is 8.60. The summed E-state index contributed by atoms with van der Waals surface area (Å²) in [5, 5.41) is 0. The molecule has 0 atom stereocenters. The Balaban J connectivity index is 0.000000461. The molecule has 0 aromatic heterocycles. The maximum absolute atomic E-state index is 8.60. The molecule has 13 heteroatoms. The van der Waals surface area contributed by atoms with Gasteiger partial charge in [0.15, 0.2) is 14.7 Å². The standard InChI is InChI=1S/C31H24IS2.2ClHO4/c1-23-12-21-31(32)30(22-23)24-13-15-25(16-14-24)33-26-17-19-29(20-18-26)34(27-8-4-2-5-9-27)28-10-6-3-7-11-28;2*2-1(3,4)5/h2-22H,1H3;2*(H,2,3,4,5)/q+1;;/p-1. The van der Waals surface area contributed by atoms with Crippen molar-refractivity contribution in [3.63, 3.8) is 0 Å². The molecule has 230 valence electrons. The van der Waals surface area contributed by atoms with Gasteiger partial charge in [0.25, 0.3) is 0 Å². The molecule has 8 nitrogen and oxygen atoms in total. The highest BCUT2D eigenvalue weighted by Gasteiger charge is 2.28. The van der Waals surface area contributed by atoms with Crippen molar-refractivity contribution in [1.29, 1.82) is 0 Å². The normalized spacial score (nSPS) is 11.2. The summed E-state index contributed by atoms with van der Waals surface area (Å²) in [6, 6.07) is 46.2. The van der Waals surface area contributed by atoms with Crippen LogP contribution in [0.3, 0.4) is 0 Å². The summed E-state index contributed by atoms with van der Waals surface area (Å²) >= 11 is 4.23. The fourth-order valence-corrected chi connectivity index (χ4v) is 7.41. The Bertz CT molecular complexity index is 1520. The molecule has 0 fully saturated rings. The lowest BCUT2D eigenvalue weighted by molar-refractivity contribution is -2.00. The van der Waals surface area contributed by atoms with Gasteiger partial charge in [-0.3, -0.25) is 0 Å². The molecular weight excluding hydrogens is 762 g/mol. The van der Waals surface area contributed by atoms with Crippen molar-refractivity contribution in [2.45, 2.75) is 31.4 Å². The molecule has 0 heterocycles. The van der Waals surface area contributed by atoms with Crippen LogP contribution in [0.25, 0.3) is 11.1 Å². The molecule has 0 bridgehead atoms. The van der Waals surface area contributed by atoms with Crippen LogP contribution in [0.15, 0.2) is 152 Å². The Morgan fingerprint density at radius 2 is 0.977 bits per heavy atom. The van der Waals surface area contributed by atoms with E-state index in [1.165, 1.54) is 44.7 Å². The van der Waals surface area contributed by atoms with Gasteiger partial charge in [0.2, 0.25) is 0 Å². The molecular formula is C31H25Cl2IO8S2. The summed E-state index contributed by atoms with van der Waals surface area (Å²) in [7, 11) is -9.75. The van der Waals surface area contributed by atoms with Crippen molar-refractivity contribution in [2.24, 2.45) is 0 Å². The average molecular weight is 787 g/mol. The summed E-state index contributed by atoms with van der Waals surface area (Å²) in [4.78, 5) is 6.53. The van der Waals surface area contributed by atoms with Crippen LogP contribution in [-0.2, 0) is 10.9 Å². The van der Waals surface area contributed by atoms with Crippen LogP contribution in [0, 0.1) is 31.0 Å². The highest BCUT2D eigenvalue weighted by atomic mass is 127. The van der Waals surface area contributed by atoms with Crippen LogP contribution in [0.4, 0.5) is 0 Å². The fourth-order valence-electron chi connectivity index (χ4n) is 3.86. The van der Waals surface area contributed by atoms with Gasteiger partial charge >= 0.3 is 0 Å². The van der Waals surface area contributed by atoms with Crippen LogP contribution in [0.2, 0.25) is 0 Å². The van der Waals surface area contributed by atoms with Crippen molar-refractivity contribution in [3.05, 3.63) is 137 Å². The van der Waals surface area contributed by atoms with Crippen molar-refractivity contribution in [3.8, 4) is 11.1 Å². The van der Waals surface area contributed by atoms with E-state index in [2.05, 4.69) is 157 Å². The summed E-state index contributed by atoms with van der Waals surface area (Å²) in [5.74, 6) is 0. The fraction of sp³-hybridized carbons (Fsp3) is 0.0323. The Morgan fingerprint density at radius 3 is 1.41 bits per heavy atom. The quantitative estimate of drug-likeness (QED) is 0.191. The van der Waals surface area contributed by atoms with E-state index >= 15 is 0 Å². The summed E-state index contributed by atoms with van der Waals surface area (Å²) in [6.07, 6.45) is 0. The largest absolute Gasteiger partial charge is 0.222 e. The lowest BCUT2D eigenvalue weighted by Gasteiger charge is -2.17. The Hall–Kier alpha value is -2.21. The van der Waals surface area contributed by atoms with E-state index in [4.69, 9.17) is 37.3 Å². The van der Waals surface area contributed by atoms with E-state index in [9.17, 15) is 0 Å². The first-order chi connectivity index (χ1) is 20.7. The van der Waals surface area contributed by atoms with Crippen LogP contribution in [0.1, 0.15) is 5.56 Å². The zero-order chi connectivity index (χ0) is 32.3. The molecule has 0 spiro atoms. The van der Waals surface area contributed by atoms with Gasteiger partial charge in [-0.25, -0.2) is 18.6 Å². The van der Waals surface area contributed by atoms with E-state index in [0.29, 0.717) is 0 Å². The minimum Gasteiger partial charge on any atom is -0.222 e. The summed E-state index contributed by atoms with van der Waals surface area (Å²) < 4.78 is 68.0. The number of rotatable bonds is 6. The minimum atomic E-state index is -4.94. The minimum absolute atomic E-state index is 0.108. The smallest absolute Gasteiger partial charge is 0.166 e. The van der Waals surface area contributed by atoms with Gasteiger partial charge in [-0.2, -0.15) is 14.0 Å². The molecule has 0 unspecified atom stereocenters. The monoisotopic (exact) mass is 786 g/mol. The Morgan fingerprint density at radius 1 is 0.591 bits per heavy atom. The van der Waals surface area contributed by atoms with Gasteiger partial charge in [-0.15, -0.1) is 10.2 Å². The van der Waals surface area contributed by atoms with Gasteiger partial charge in [-0.05, 0) is 107 Å². The molecule has 0 radical (unpaired) electrons. The molecule has 0 aliphatic heterocycles. The molecule has 0 aliphatic carbocycles. The zero-order valence-electron chi connectivity index (χ0n) is 22.9. The topological polar surface area (TPSA) is 182 Å². The molecule has 0 aliphatic rings. The first-order valence-corrected chi connectivity index (χ1v) is 18.0. The third-order valence-corrected chi connectivity index (χ3v) is 9.73. The van der Waals surface area contributed by atoms with Crippen LogP contribution in [0.5, 0.6) is 0 Å². The van der Waals surface area contributed by atoms with Gasteiger partial charge in [0.1, 0.15) is 0 Å². The second-order valence-corrected chi connectivity index (χ2v) is 14.7. The molecule has 1 N–H and O–H groups in total. The van der Waals surface area contributed by atoms with E-state index in [1.807, 2.05) is 11.8 Å².